The first-order valence-corrected chi connectivity index (χ1v) is 9.87. The molecular weight excluding hydrogens is 358 g/mol. The Labute approximate surface area is 162 Å². The van der Waals surface area contributed by atoms with E-state index in [1.807, 2.05) is 35.2 Å². The van der Waals surface area contributed by atoms with Crippen LogP contribution in [0.15, 0.2) is 46.1 Å². The van der Waals surface area contributed by atoms with E-state index in [0.29, 0.717) is 13.0 Å². The summed E-state index contributed by atoms with van der Waals surface area (Å²) in [5.41, 5.74) is -0.884. The Hall–Kier alpha value is -2.67. The van der Waals surface area contributed by atoms with E-state index in [0.717, 1.165) is 31.2 Å². The van der Waals surface area contributed by atoms with Crippen molar-refractivity contribution in [2.24, 2.45) is 5.92 Å². The number of likely N-dealkylation sites (tertiary alicyclic amines) is 1. The van der Waals surface area contributed by atoms with Gasteiger partial charge < -0.3 is 15.0 Å². The molecule has 28 heavy (non-hydrogen) atoms. The molecule has 2 heterocycles. The summed E-state index contributed by atoms with van der Waals surface area (Å²) in [6.07, 6.45) is 5.52. The van der Waals surface area contributed by atoms with Gasteiger partial charge in [-0.1, -0.05) is 43.2 Å². The zero-order chi connectivity index (χ0) is 19.7. The zero-order valence-corrected chi connectivity index (χ0v) is 15.7. The number of aromatic nitrogens is 2. The van der Waals surface area contributed by atoms with Crippen LogP contribution in [0.3, 0.4) is 0 Å². The summed E-state index contributed by atoms with van der Waals surface area (Å²) in [4.78, 5) is 42.6. The van der Waals surface area contributed by atoms with Crippen LogP contribution in [0.2, 0.25) is 0 Å². The van der Waals surface area contributed by atoms with Gasteiger partial charge in [-0.05, 0) is 24.8 Å². The molecule has 7 heteroatoms. The summed E-state index contributed by atoms with van der Waals surface area (Å²) in [7, 11) is 0. The fourth-order valence-electron chi connectivity index (χ4n) is 4.91. The van der Waals surface area contributed by atoms with E-state index >= 15 is 0 Å². The number of benzene rings is 1. The Balaban J connectivity index is 1.59. The van der Waals surface area contributed by atoms with E-state index in [1.165, 1.54) is 6.20 Å². The lowest BCUT2D eigenvalue weighted by molar-refractivity contribution is -0.154. The van der Waals surface area contributed by atoms with Crippen molar-refractivity contribution in [2.75, 3.05) is 6.54 Å². The van der Waals surface area contributed by atoms with E-state index in [4.69, 9.17) is 0 Å². The molecule has 148 valence electrons. The number of H-pyrrole nitrogens is 2. The third-order valence-corrected chi connectivity index (χ3v) is 6.31. The molecule has 3 N–H and O–H groups in total. The molecule has 3 atom stereocenters. The molecule has 1 saturated heterocycles. The number of nitrogens with one attached hydrogen (secondary N) is 2. The van der Waals surface area contributed by atoms with Gasteiger partial charge in [0.25, 0.3) is 5.56 Å². The number of carbonyl (C=O) groups is 1. The predicted molar refractivity (Wildman–Crippen MR) is 104 cm³/mol. The van der Waals surface area contributed by atoms with Gasteiger partial charge in [0.05, 0.1) is 12.0 Å². The maximum atomic E-state index is 13.0. The lowest BCUT2D eigenvalue weighted by atomic mass is 9.66. The molecule has 2 fully saturated rings. The number of piperidine rings is 1. The van der Waals surface area contributed by atoms with Crippen LogP contribution in [0.1, 0.15) is 43.2 Å². The Kier molecular flexibility index (Phi) is 4.93. The maximum absolute atomic E-state index is 13.0. The average Bonchev–Trinajstić information content (AvgIpc) is 2.71. The normalized spacial score (nSPS) is 27.2. The largest absolute Gasteiger partial charge is 0.385 e. The molecular formula is C21H25N3O4. The minimum absolute atomic E-state index is 0.0183. The number of aliphatic hydroxyl groups is 1. The summed E-state index contributed by atoms with van der Waals surface area (Å²) in [5.74, 6) is -0.153. The lowest BCUT2D eigenvalue weighted by Gasteiger charge is -2.52. The van der Waals surface area contributed by atoms with Crippen LogP contribution in [0.4, 0.5) is 0 Å². The molecule has 2 aliphatic rings. The van der Waals surface area contributed by atoms with Gasteiger partial charge >= 0.3 is 5.69 Å². The van der Waals surface area contributed by atoms with Crippen LogP contribution >= 0.6 is 0 Å². The van der Waals surface area contributed by atoms with Gasteiger partial charge in [-0.3, -0.25) is 14.6 Å². The molecule has 1 saturated carbocycles. The van der Waals surface area contributed by atoms with Gasteiger partial charge in [0.15, 0.2) is 0 Å². The minimum atomic E-state index is -0.932. The quantitative estimate of drug-likeness (QED) is 0.742. The number of aromatic amines is 2. The molecule has 1 aromatic carbocycles. The van der Waals surface area contributed by atoms with Crippen molar-refractivity contribution >= 4 is 5.91 Å². The molecule has 0 radical (unpaired) electrons. The molecule has 0 unspecified atom stereocenters. The average molecular weight is 383 g/mol. The van der Waals surface area contributed by atoms with Gasteiger partial charge in [0.2, 0.25) is 5.91 Å². The number of carbonyl (C=O) groups excluding carboxylic acids is 1. The number of nitrogens with zero attached hydrogens (tertiary/aromatic N) is 1. The van der Waals surface area contributed by atoms with E-state index in [-0.39, 0.29) is 29.9 Å². The predicted octanol–water partition coefficient (Wildman–Crippen LogP) is 1.28. The Morgan fingerprint density at radius 1 is 1.18 bits per heavy atom. The van der Waals surface area contributed by atoms with Crippen LogP contribution in [-0.4, -0.2) is 38.5 Å². The third kappa shape index (κ3) is 3.30. The summed E-state index contributed by atoms with van der Waals surface area (Å²) >= 11 is 0. The molecule has 1 amide bonds. The maximum Gasteiger partial charge on any atom is 0.325 e. The Morgan fingerprint density at radius 3 is 2.68 bits per heavy atom. The fraction of sp³-hybridized carbons (Fsp3) is 0.476. The molecule has 1 aliphatic carbocycles. The highest BCUT2D eigenvalue weighted by molar-refractivity contribution is 5.79. The molecule has 0 spiro atoms. The van der Waals surface area contributed by atoms with Crippen LogP contribution in [-0.2, 0) is 16.8 Å². The minimum Gasteiger partial charge on any atom is -0.385 e. The van der Waals surface area contributed by atoms with Crippen LogP contribution < -0.4 is 11.2 Å². The molecule has 0 bridgehead atoms. The SMILES string of the molecule is O=C(Cc1c[nH]c(=O)[nH]c1=O)N1CC[C@@](O)(c2ccccc2)[C@H]2CCCC[C@@H]21. The Bertz CT molecular complexity index is 967. The van der Waals surface area contributed by atoms with Crippen molar-refractivity contribution in [2.45, 2.75) is 50.2 Å². The summed E-state index contributed by atoms with van der Waals surface area (Å²) < 4.78 is 0. The number of fused-ring (bicyclic) bond motifs is 1. The van der Waals surface area contributed by atoms with Crippen LogP contribution in [0, 0.1) is 5.92 Å². The van der Waals surface area contributed by atoms with Crippen molar-refractivity contribution < 1.29 is 9.90 Å². The Morgan fingerprint density at radius 2 is 1.93 bits per heavy atom. The van der Waals surface area contributed by atoms with Crippen molar-refractivity contribution in [3.63, 3.8) is 0 Å². The van der Waals surface area contributed by atoms with Gasteiger partial charge in [0.1, 0.15) is 0 Å². The molecule has 4 rings (SSSR count). The smallest absolute Gasteiger partial charge is 0.325 e. The van der Waals surface area contributed by atoms with E-state index in [2.05, 4.69) is 9.97 Å². The monoisotopic (exact) mass is 383 g/mol. The molecule has 1 aliphatic heterocycles. The number of hydrogen-bond donors (Lipinski definition) is 3. The van der Waals surface area contributed by atoms with Gasteiger partial charge in [-0.15, -0.1) is 0 Å². The van der Waals surface area contributed by atoms with Crippen LogP contribution in [0.25, 0.3) is 0 Å². The number of amides is 1. The van der Waals surface area contributed by atoms with E-state index < -0.39 is 16.9 Å². The summed E-state index contributed by atoms with van der Waals surface area (Å²) in [6, 6.07) is 9.69. The second kappa shape index (κ2) is 7.39. The van der Waals surface area contributed by atoms with E-state index in [1.54, 1.807) is 0 Å². The van der Waals surface area contributed by atoms with Crippen LogP contribution in [0.5, 0.6) is 0 Å². The first kappa shape index (κ1) is 18.7. The van der Waals surface area contributed by atoms with Crippen molar-refractivity contribution in [1.82, 2.24) is 14.9 Å². The van der Waals surface area contributed by atoms with Crippen molar-refractivity contribution in [3.8, 4) is 0 Å². The van der Waals surface area contributed by atoms with Gasteiger partial charge in [-0.2, -0.15) is 0 Å². The van der Waals surface area contributed by atoms with Crippen molar-refractivity contribution in [1.29, 1.82) is 0 Å². The highest BCUT2D eigenvalue weighted by atomic mass is 16.3. The van der Waals surface area contributed by atoms with E-state index in [9.17, 15) is 19.5 Å². The molecule has 7 nitrogen and oxygen atoms in total. The summed E-state index contributed by atoms with van der Waals surface area (Å²) in [5, 5.41) is 11.6. The topological polar surface area (TPSA) is 106 Å². The molecule has 2 aromatic rings. The van der Waals surface area contributed by atoms with Gasteiger partial charge in [-0.25, -0.2) is 4.79 Å². The first-order valence-electron chi connectivity index (χ1n) is 9.87. The number of hydrogen-bond acceptors (Lipinski definition) is 4. The molecule has 1 aromatic heterocycles. The second-order valence-electron chi connectivity index (χ2n) is 7.86. The highest BCUT2D eigenvalue weighted by Gasteiger charge is 2.50. The second-order valence-corrected chi connectivity index (χ2v) is 7.86. The van der Waals surface area contributed by atoms with Gasteiger partial charge in [0, 0.05) is 30.3 Å². The van der Waals surface area contributed by atoms with Crippen molar-refractivity contribution in [3.05, 3.63) is 68.5 Å². The summed E-state index contributed by atoms with van der Waals surface area (Å²) in [6.45, 7) is 0.451. The zero-order valence-electron chi connectivity index (χ0n) is 15.7. The lowest BCUT2D eigenvalue weighted by Crippen LogP contribution is -2.59. The standard InChI is InChI=1S/C21H25N3O4/c25-18(12-14-13-22-20(27)23-19(14)26)24-11-10-21(28,15-6-2-1-3-7-15)16-8-4-5-9-17(16)24/h1-3,6-7,13,16-17,28H,4-5,8-12H2,(H2,22,23,26,27)/t16-,17-,21+/m0/s1. The number of rotatable bonds is 3. The fourth-order valence-corrected chi connectivity index (χ4v) is 4.91. The first-order chi connectivity index (χ1) is 13.5. The third-order valence-electron chi connectivity index (χ3n) is 6.31. The highest BCUT2D eigenvalue weighted by Crippen LogP contribution is 2.46.